The maximum atomic E-state index is 2.67. The zero-order valence-corrected chi connectivity index (χ0v) is 34.2. The van der Waals surface area contributed by atoms with Gasteiger partial charge < -0.3 is 4.90 Å². The zero-order valence-electron chi connectivity index (χ0n) is 33.4. The molecule has 12 rings (SSSR count). The van der Waals surface area contributed by atoms with Crippen LogP contribution in [-0.4, -0.2) is 0 Å². The average molecular weight is 748 g/mol. The Morgan fingerprint density at radius 1 is 0.482 bits per heavy atom. The molecule has 1 nitrogen and oxygen atoms in total. The molecule has 0 radical (unpaired) electrons. The third kappa shape index (κ3) is 5.20. The van der Waals surface area contributed by atoms with Gasteiger partial charge in [0.1, 0.15) is 0 Å². The summed E-state index contributed by atoms with van der Waals surface area (Å²) in [5.41, 5.74) is 15.4. The summed E-state index contributed by atoms with van der Waals surface area (Å²) in [6.07, 6.45) is 9.37. The minimum atomic E-state index is 0.0548. The van der Waals surface area contributed by atoms with Gasteiger partial charge in [-0.05, 0) is 149 Å². The Morgan fingerprint density at radius 3 is 1.71 bits per heavy atom. The summed E-state index contributed by atoms with van der Waals surface area (Å²) in [7, 11) is 0. The van der Waals surface area contributed by atoms with E-state index in [-0.39, 0.29) is 16.2 Å². The second-order valence-electron chi connectivity index (χ2n) is 19.2. The predicted octanol–water partition coefficient (Wildman–Crippen LogP) is 15.0. The molecule has 2 heteroatoms. The lowest BCUT2D eigenvalue weighted by molar-refractivity contribution is -0.0443. The van der Waals surface area contributed by atoms with Crippen molar-refractivity contribution in [2.24, 2.45) is 23.7 Å². The van der Waals surface area contributed by atoms with E-state index in [9.17, 15) is 0 Å². The molecule has 5 aliphatic carbocycles. The monoisotopic (exact) mass is 747 g/mol. The van der Waals surface area contributed by atoms with Crippen molar-refractivity contribution < 1.29 is 0 Å². The highest BCUT2D eigenvalue weighted by Crippen LogP contribution is 2.70. The Hall–Kier alpha value is -4.53. The molecule has 0 amide bonds. The lowest BCUT2D eigenvalue weighted by Gasteiger charge is -2.63. The van der Waals surface area contributed by atoms with Crippen LogP contribution in [0, 0.1) is 23.7 Å². The van der Waals surface area contributed by atoms with Gasteiger partial charge in [-0.15, -0.1) is 0 Å². The molecule has 280 valence electrons. The van der Waals surface area contributed by atoms with Gasteiger partial charge >= 0.3 is 0 Å². The van der Waals surface area contributed by atoms with Crippen LogP contribution >= 0.6 is 11.8 Å². The molecule has 0 atom stereocenters. The van der Waals surface area contributed by atoms with Gasteiger partial charge in [-0.25, -0.2) is 0 Å². The summed E-state index contributed by atoms with van der Waals surface area (Å²) < 4.78 is 0. The SMILES string of the molecule is CC1(C)CCC(C)(C)c2cc(N(c3ccc(-c4ccccc4)cc3)c3c(-c4ccccc4)ccc4c3Sc3ccccc3C43C4CC5CC(C4)CC3C5)ccc21. The van der Waals surface area contributed by atoms with Crippen LogP contribution in [0.2, 0.25) is 0 Å². The van der Waals surface area contributed by atoms with Gasteiger partial charge in [-0.1, -0.05) is 149 Å². The molecule has 4 bridgehead atoms. The Morgan fingerprint density at radius 2 is 1.04 bits per heavy atom. The summed E-state index contributed by atoms with van der Waals surface area (Å²) in [4.78, 5) is 5.59. The van der Waals surface area contributed by atoms with Crippen LogP contribution in [0.25, 0.3) is 22.3 Å². The molecule has 56 heavy (non-hydrogen) atoms. The molecule has 1 heterocycles. The summed E-state index contributed by atoms with van der Waals surface area (Å²) in [5.74, 6) is 3.19. The van der Waals surface area contributed by atoms with E-state index in [4.69, 9.17) is 0 Å². The summed E-state index contributed by atoms with van der Waals surface area (Å²) in [6.45, 7) is 9.82. The highest BCUT2D eigenvalue weighted by molar-refractivity contribution is 7.99. The van der Waals surface area contributed by atoms with Gasteiger partial charge in [0, 0.05) is 32.1 Å². The molecule has 4 fully saturated rings. The molecule has 0 aromatic heterocycles. The van der Waals surface area contributed by atoms with E-state index in [1.165, 1.54) is 105 Å². The Bertz CT molecular complexity index is 2430. The van der Waals surface area contributed by atoms with Crippen molar-refractivity contribution in [3.63, 3.8) is 0 Å². The third-order valence-corrected chi connectivity index (χ3v) is 16.4. The van der Waals surface area contributed by atoms with Gasteiger partial charge in [-0.3, -0.25) is 0 Å². The van der Waals surface area contributed by atoms with Crippen LogP contribution in [0.1, 0.15) is 94.9 Å². The Labute approximate surface area is 338 Å². The zero-order chi connectivity index (χ0) is 37.8. The fourth-order valence-electron chi connectivity index (χ4n) is 12.6. The molecule has 1 aliphatic heterocycles. The van der Waals surface area contributed by atoms with Crippen molar-refractivity contribution in [1.29, 1.82) is 0 Å². The predicted molar refractivity (Wildman–Crippen MR) is 236 cm³/mol. The normalized spacial score (nSPS) is 26.0. The first-order valence-electron chi connectivity index (χ1n) is 21.3. The standard InChI is InChI=1S/C54H53NS/c1-52(2)27-28-53(3,4)48-34-43(23-25-45(48)52)55(42-21-19-38(20-22-42)37-13-7-5-8-14-37)50-44(39-15-9-6-10-16-39)24-26-47-51(50)56-49-18-12-11-17-46(49)54(47)40-30-35-29-36(32-40)33-41(54)31-35/h5-26,34-36,40-41H,27-33H2,1-4H3. The van der Waals surface area contributed by atoms with Gasteiger partial charge in [-0.2, -0.15) is 0 Å². The second-order valence-corrected chi connectivity index (χ2v) is 20.3. The first-order chi connectivity index (χ1) is 27.2. The maximum Gasteiger partial charge on any atom is 0.0682 e. The van der Waals surface area contributed by atoms with E-state index in [2.05, 4.69) is 172 Å². The molecule has 0 unspecified atom stereocenters. The fraction of sp³-hybridized carbons (Fsp3) is 0.333. The topological polar surface area (TPSA) is 3.24 Å². The highest BCUT2D eigenvalue weighted by Gasteiger charge is 2.61. The van der Waals surface area contributed by atoms with Crippen LogP contribution in [0.4, 0.5) is 17.1 Å². The first kappa shape index (κ1) is 34.7. The van der Waals surface area contributed by atoms with Crippen molar-refractivity contribution in [3.8, 4) is 22.3 Å². The molecular formula is C54H53NS. The van der Waals surface area contributed by atoms with Crippen LogP contribution < -0.4 is 4.90 Å². The van der Waals surface area contributed by atoms with Gasteiger partial charge in [0.25, 0.3) is 0 Å². The minimum Gasteiger partial charge on any atom is -0.309 e. The molecule has 0 N–H and O–H groups in total. The van der Waals surface area contributed by atoms with E-state index in [1.54, 1.807) is 11.1 Å². The number of anilines is 3. The number of benzene rings is 6. The lowest BCUT2D eigenvalue weighted by Crippen LogP contribution is -2.57. The van der Waals surface area contributed by atoms with E-state index >= 15 is 0 Å². The largest absolute Gasteiger partial charge is 0.309 e. The summed E-state index contributed by atoms with van der Waals surface area (Å²) >= 11 is 2.04. The fourth-order valence-corrected chi connectivity index (χ4v) is 13.9. The first-order valence-corrected chi connectivity index (χ1v) is 22.1. The van der Waals surface area contributed by atoms with Gasteiger partial charge in [0.15, 0.2) is 0 Å². The average Bonchev–Trinajstić information content (AvgIpc) is 3.22. The molecule has 6 aromatic carbocycles. The van der Waals surface area contributed by atoms with Crippen LogP contribution in [-0.2, 0) is 16.2 Å². The molecule has 4 saturated carbocycles. The molecule has 6 aromatic rings. The highest BCUT2D eigenvalue weighted by atomic mass is 32.2. The van der Waals surface area contributed by atoms with Gasteiger partial charge in [0.05, 0.1) is 5.69 Å². The number of hydrogen-bond acceptors (Lipinski definition) is 2. The van der Waals surface area contributed by atoms with E-state index in [0.717, 1.165) is 11.8 Å². The number of hydrogen-bond donors (Lipinski definition) is 0. The smallest absolute Gasteiger partial charge is 0.0682 e. The van der Waals surface area contributed by atoms with Crippen molar-refractivity contribution in [3.05, 3.63) is 162 Å². The molecule has 1 spiro atoms. The number of fused-ring (bicyclic) bond motifs is 3. The van der Waals surface area contributed by atoms with Gasteiger partial charge in [0.2, 0.25) is 0 Å². The molecule has 6 aliphatic rings. The van der Waals surface area contributed by atoms with Crippen LogP contribution in [0.3, 0.4) is 0 Å². The van der Waals surface area contributed by atoms with Crippen molar-refractivity contribution in [1.82, 2.24) is 0 Å². The lowest BCUT2D eigenvalue weighted by atomic mass is 9.42. The molecular weight excluding hydrogens is 695 g/mol. The Balaban J connectivity index is 1.21. The van der Waals surface area contributed by atoms with Crippen molar-refractivity contribution in [2.75, 3.05) is 4.90 Å². The maximum absolute atomic E-state index is 2.67. The number of nitrogens with zero attached hydrogens (tertiary/aromatic N) is 1. The summed E-state index contributed by atoms with van der Waals surface area (Å²) in [6, 6.07) is 53.7. The van der Waals surface area contributed by atoms with Crippen LogP contribution in [0.5, 0.6) is 0 Å². The van der Waals surface area contributed by atoms with E-state index in [1.807, 2.05) is 11.8 Å². The van der Waals surface area contributed by atoms with E-state index < -0.39 is 0 Å². The molecule has 0 saturated heterocycles. The Kier molecular flexibility index (Phi) is 7.89. The summed E-state index contributed by atoms with van der Waals surface area (Å²) in [5, 5.41) is 0. The third-order valence-electron chi connectivity index (χ3n) is 15.2. The minimum absolute atomic E-state index is 0.0548. The van der Waals surface area contributed by atoms with Crippen molar-refractivity contribution in [2.45, 2.75) is 98.7 Å². The van der Waals surface area contributed by atoms with Crippen molar-refractivity contribution >= 4 is 28.8 Å². The number of rotatable bonds is 5. The quantitative estimate of drug-likeness (QED) is 0.173. The van der Waals surface area contributed by atoms with Crippen LogP contribution in [0.15, 0.2) is 149 Å². The second kappa shape index (κ2) is 12.7. The van der Waals surface area contributed by atoms with E-state index in [0.29, 0.717) is 11.8 Å².